The van der Waals surface area contributed by atoms with Gasteiger partial charge in [0.1, 0.15) is 11.6 Å². The van der Waals surface area contributed by atoms with E-state index in [0.29, 0.717) is 0 Å². The summed E-state index contributed by atoms with van der Waals surface area (Å²) in [5.74, 6) is 2.59. The Kier molecular flexibility index (Phi) is 6.35. The Morgan fingerprint density at radius 2 is 1.75 bits per heavy atom. The van der Waals surface area contributed by atoms with Gasteiger partial charge in [0.05, 0.1) is 26.2 Å². The quantitative estimate of drug-likeness (QED) is 0.768. The summed E-state index contributed by atoms with van der Waals surface area (Å²) in [5, 5.41) is 5.77. The zero-order valence-electron chi connectivity index (χ0n) is 13.4. The Morgan fingerprint density at radius 1 is 1.17 bits per heavy atom. The molecule has 0 heterocycles. The molecule has 2 rings (SSSR count). The van der Waals surface area contributed by atoms with Crippen molar-refractivity contribution >= 4 is 5.91 Å². The molecule has 0 aliphatic heterocycles. The summed E-state index contributed by atoms with van der Waals surface area (Å²) in [6.07, 6.45) is 5.12. The molecule has 1 atom stereocenters. The van der Waals surface area contributed by atoms with Gasteiger partial charge in [0.15, 0.2) is 0 Å². The SMILES string of the molecule is C#CCNC(=O)CNC(c1ccc(F)cc1)c1ccc(OC)cc1. The average molecular weight is 326 g/mol. The maximum absolute atomic E-state index is 13.2. The monoisotopic (exact) mass is 326 g/mol. The van der Waals surface area contributed by atoms with Crippen LogP contribution in [0.15, 0.2) is 48.5 Å². The molecule has 0 radical (unpaired) electrons. The van der Waals surface area contributed by atoms with Gasteiger partial charge >= 0.3 is 0 Å². The Labute approximate surface area is 141 Å². The van der Waals surface area contributed by atoms with Crippen LogP contribution >= 0.6 is 0 Å². The normalized spacial score (nSPS) is 11.4. The van der Waals surface area contributed by atoms with Gasteiger partial charge in [-0.05, 0) is 35.4 Å². The van der Waals surface area contributed by atoms with Crippen molar-refractivity contribution in [2.45, 2.75) is 6.04 Å². The topological polar surface area (TPSA) is 50.4 Å². The number of hydrogen-bond acceptors (Lipinski definition) is 3. The van der Waals surface area contributed by atoms with Crippen molar-refractivity contribution in [1.29, 1.82) is 0 Å². The highest BCUT2D eigenvalue weighted by molar-refractivity contribution is 5.78. The Balaban J connectivity index is 2.19. The highest BCUT2D eigenvalue weighted by Gasteiger charge is 2.15. The van der Waals surface area contributed by atoms with E-state index in [2.05, 4.69) is 16.6 Å². The third-order valence-electron chi connectivity index (χ3n) is 3.51. The molecule has 0 fully saturated rings. The van der Waals surface area contributed by atoms with E-state index in [0.717, 1.165) is 16.9 Å². The minimum atomic E-state index is -0.306. The molecule has 1 unspecified atom stereocenters. The number of halogens is 1. The van der Waals surface area contributed by atoms with Crippen LogP contribution in [0.3, 0.4) is 0 Å². The highest BCUT2D eigenvalue weighted by Crippen LogP contribution is 2.24. The third-order valence-corrected chi connectivity index (χ3v) is 3.51. The number of nitrogens with one attached hydrogen (secondary N) is 2. The molecule has 24 heavy (non-hydrogen) atoms. The fraction of sp³-hybridized carbons (Fsp3) is 0.211. The first-order valence-corrected chi connectivity index (χ1v) is 7.47. The molecule has 2 aromatic rings. The van der Waals surface area contributed by atoms with Crippen LogP contribution in [0.2, 0.25) is 0 Å². The molecule has 124 valence electrons. The summed E-state index contributed by atoms with van der Waals surface area (Å²) in [4.78, 5) is 11.8. The number of methoxy groups -OCH3 is 1. The summed E-state index contributed by atoms with van der Waals surface area (Å²) in [6.45, 7) is 0.278. The lowest BCUT2D eigenvalue weighted by molar-refractivity contribution is -0.120. The summed E-state index contributed by atoms with van der Waals surface area (Å²) >= 11 is 0. The van der Waals surface area contributed by atoms with E-state index in [1.54, 1.807) is 19.2 Å². The zero-order chi connectivity index (χ0) is 17.4. The predicted molar refractivity (Wildman–Crippen MR) is 91.1 cm³/mol. The second-order valence-electron chi connectivity index (χ2n) is 5.12. The molecule has 0 saturated carbocycles. The second kappa shape index (κ2) is 8.70. The van der Waals surface area contributed by atoms with Gasteiger partial charge in [0.2, 0.25) is 5.91 Å². The van der Waals surface area contributed by atoms with Crippen LogP contribution < -0.4 is 15.4 Å². The Bertz CT molecular complexity index is 706. The van der Waals surface area contributed by atoms with Crippen molar-refractivity contribution in [2.24, 2.45) is 0 Å². The van der Waals surface area contributed by atoms with Gasteiger partial charge in [-0.15, -0.1) is 6.42 Å². The molecule has 2 aromatic carbocycles. The Morgan fingerprint density at radius 3 is 2.29 bits per heavy atom. The number of hydrogen-bond donors (Lipinski definition) is 2. The summed E-state index contributed by atoms with van der Waals surface area (Å²) in [6, 6.07) is 13.4. The van der Waals surface area contributed by atoms with Crippen LogP contribution in [0, 0.1) is 18.2 Å². The molecule has 5 heteroatoms. The molecule has 0 spiro atoms. The van der Waals surface area contributed by atoms with E-state index < -0.39 is 0 Å². The van der Waals surface area contributed by atoms with Crippen molar-refractivity contribution in [3.05, 3.63) is 65.5 Å². The first-order valence-electron chi connectivity index (χ1n) is 7.47. The molecule has 4 nitrogen and oxygen atoms in total. The van der Waals surface area contributed by atoms with E-state index in [-0.39, 0.29) is 30.9 Å². The van der Waals surface area contributed by atoms with Gasteiger partial charge in [-0.1, -0.05) is 30.2 Å². The lowest BCUT2D eigenvalue weighted by Gasteiger charge is -2.20. The molecule has 0 aliphatic carbocycles. The summed E-state index contributed by atoms with van der Waals surface area (Å²) in [5.41, 5.74) is 1.79. The fourth-order valence-electron chi connectivity index (χ4n) is 2.29. The van der Waals surface area contributed by atoms with Crippen molar-refractivity contribution in [3.8, 4) is 18.1 Å². The molecule has 1 amide bonds. The number of carbonyl (C=O) groups excluding carboxylic acids is 1. The molecule has 0 saturated heterocycles. The minimum absolute atomic E-state index is 0.0930. The summed E-state index contributed by atoms with van der Waals surface area (Å²) in [7, 11) is 1.60. The maximum Gasteiger partial charge on any atom is 0.234 e. The summed E-state index contributed by atoms with van der Waals surface area (Å²) < 4.78 is 18.3. The zero-order valence-corrected chi connectivity index (χ0v) is 13.4. The number of rotatable bonds is 7. The molecular formula is C19H19FN2O2. The molecule has 0 aliphatic rings. The van der Waals surface area contributed by atoms with Gasteiger partial charge in [-0.2, -0.15) is 0 Å². The lowest BCUT2D eigenvalue weighted by Crippen LogP contribution is -2.36. The van der Waals surface area contributed by atoms with Crippen LogP contribution in [0.25, 0.3) is 0 Å². The van der Waals surface area contributed by atoms with Crippen molar-refractivity contribution < 1.29 is 13.9 Å². The number of terminal acetylenes is 1. The number of amides is 1. The molecule has 0 aromatic heterocycles. The lowest BCUT2D eigenvalue weighted by atomic mass is 9.98. The van der Waals surface area contributed by atoms with E-state index in [4.69, 9.17) is 11.2 Å². The fourth-order valence-corrected chi connectivity index (χ4v) is 2.29. The van der Waals surface area contributed by atoms with Gasteiger partial charge < -0.3 is 10.1 Å². The van der Waals surface area contributed by atoms with E-state index in [1.165, 1.54) is 12.1 Å². The standard InChI is InChI=1S/C19H19FN2O2/c1-3-12-21-18(23)13-22-19(14-4-8-16(20)9-5-14)15-6-10-17(24-2)11-7-15/h1,4-11,19,22H,12-13H2,2H3,(H,21,23). The smallest absolute Gasteiger partial charge is 0.234 e. The largest absolute Gasteiger partial charge is 0.497 e. The van der Waals surface area contributed by atoms with Crippen molar-refractivity contribution in [3.63, 3.8) is 0 Å². The first-order chi connectivity index (χ1) is 11.6. The van der Waals surface area contributed by atoms with Gasteiger partial charge in [0.25, 0.3) is 0 Å². The second-order valence-corrected chi connectivity index (χ2v) is 5.12. The van der Waals surface area contributed by atoms with Crippen molar-refractivity contribution in [1.82, 2.24) is 10.6 Å². The van der Waals surface area contributed by atoms with Crippen LogP contribution in [0.5, 0.6) is 5.75 Å². The van der Waals surface area contributed by atoms with Crippen LogP contribution in [0.1, 0.15) is 17.2 Å². The number of ether oxygens (including phenoxy) is 1. The number of benzene rings is 2. The van der Waals surface area contributed by atoms with E-state index in [1.807, 2.05) is 24.3 Å². The van der Waals surface area contributed by atoms with Crippen LogP contribution in [-0.4, -0.2) is 26.1 Å². The maximum atomic E-state index is 13.2. The Hall–Kier alpha value is -2.84. The van der Waals surface area contributed by atoms with E-state index >= 15 is 0 Å². The predicted octanol–water partition coefficient (Wildman–Crippen LogP) is 2.26. The van der Waals surface area contributed by atoms with Gasteiger partial charge in [-0.3, -0.25) is 10.1 Å². The molecular weight excluding hydrogens is 307 g/mol. The molecule has 0 bridgehead atoms. The highest BCUT2D eigenvalue weighted by atomic mass is 19.1. The van der Waals surface area contributed by atoms with Gasteiger partial charge in [0, 0.05) is 0 Å². The van der Waals surface area contributed by atoms with Gasteiger partial charge in [-0.25, -0.2) is 4.39 Å². The third kappa shape index (κ3) is 4.83. The van der Waals surface area contributed by atoms with Crippen molar-refractivity contribution in [2.75, 3.05) is 20.2 Å². The number of carbonyl (C=O) groups is 1. The average Bonchev–Trinajstić information content (AvgIpc) is 2.62. The first kappa shape index (κ1) is 17.5. The van der Waals surface area contributed by atoms with Crippen LogP contribution in [0.4, 0.5) is 4.39 Å². The minimum Gasteiger partial charge on any atom is -0.497 e. The van der Waals surface area contributed by atoms with Crippen LogP contribution in [-0.2, 0) is 4.79 Å². The molecule has 2 N–H and O–H groups in total. The van der Waals surface area contributed by atoms with E-state index in [9.17, 15) is 9.18 Å².